The molecule has 0 saturated carbocycles. The molecule has 96 valence electrons. The average Bonchev–Trinajstić information content (AvgIpc) is 2.35. The van der Waals surface area contributed by atoms with Crippen molar-refractivity contribution in [3.8, 4) is 0 Å². The number of hydrogen-bond acceptors (Lipinski definition) is 2. The Kier molecular flexibility index (Phi) is 2.67. The molecule has 1 amide bonds. The summed E-state index contributed by atoms with van der Waals surface area (Å²) >= 11 is 0. The van der Waals surface area contributed by atoms with Crippen molar-refractivity contribution < 1.29 is 4.79 Å². The van der Waals surface area contributed by atoms with E-state index in [0.717, 1.165) is 25.2 Å². The molecule has 1 saturated heterocycles. The van der Waals surface area contributed by atoms with Crippen molar-refractivity contribution in [1.29, 1.82) is 0 Å². The van der Waals surface area contributed by atoms with E-state index >= 15 is 0 Å². The number of aryl methyl sites for hydroxylation is 2. The molecule has 3 heteroatoms. The summed E-state index contributed by atoms with van der Waals surface area (Å²) in [5.41, 5.74) is 5.04. The first-order valence-corrected chi connectivity index (χ1v) is 6.69. The Morgan fingerprint density at radius 3 is 2.83 bits per heavy atom. The van der Waals surface area contributed by atoms with Crippen LogP contribution in [0.3, 0.4) is 0 Å². The van der Waals surface area contributed by atoms with E-state index in [1.165, 1.54) is 16.7 Å². The van der Waals surface area contributed by atoms with Crippen molar-refractivity contribution in [2.24, 2.45) is 5.92 Å². The molecule has 2 aliphatic heterocycles. The minimum Gasteiger partial charge on any atom is -0.316 e. The summed E-state index contributed by atoms with van der Waals surface area (Å²) in [4.78, 5) is 14.3. The van der Waals surface area contributed by atoms with Gasteiger partial charge in [-0.05, 0) is 43.9 Å². The predicted molar refractivity (Wildman–Crippen MR) is 73.0 cm³/mol. The SMILES string of the molecule is Cc1cc(C)c2c(c1)C1CCNCC1C(=O)N2C. The fourth-order valence-corrected chi connectivity index (χ4v) is 3.58. The molecule has 18 heavy (non-hydrogen) atoms. The molecule has 1 aromatic rings. The first-order chi connectivity index (χ1) is 8.59. The van der Waals surface area contributed by atoms with Gasteiger partial charge in [0.25, 0.3) is 0 Å². The standard InChI is InChI=1S/C15H20N2O/c1-9-6-10(2)14-12(7-9)11-4-5-16-8-13(11)15(18)17(14)3/h6-7,11,13,16H,4-5,8H2,1-3H3. The van der Waals surface area contributed by atoms with Gasteiger partial charge in [0, 0.05) is 19.3 Å². The molecule has 0 bridgehead atoms. The van der Waals surface area contributed by atoms with Gasteiger partial charge in [0.05, 0.1) is 5.92 Å². The minimum atomic E-state index is 0.123. The molecule has 1 aromatic carbocycles. The van der Waals surface area contributed by atoms with Crippen molar-refractivity contribution >= 4 is 11.6 Å². The summed E-state index contributed by atoms with van der Waals surface area (Å²) in [5.74, 6) is 0.799. The van der Waals surface area contributed by atoms with Crippen molar-refractivity contribution in [3.63, 3.8) is 0 Å². The van der Waals surface area contributed by atoms with Crippen molar-refractivity contribution in [3.05, 3.63) is 28.8 Å². The maximum Gasteiger partial charge on any atom is 0.231 e. The van der Waals surface area contributed by atoms with Gasteiger partial charge >= 0.3 is 0 Å². The maximum absolute atomic E-state index is 12.4. The number of anilines is 1. The lowest BCUT2D eigenvalue weighted by Crippen LogP contribution is -2.49. The summed E-state index contributed by atoms with van der Waals surface area (Å²) < 4.78 is 0. The Morgan fingerprint density at radius 1 is 1.28 bits per heavy atom. The molecule has 2 aliphatic rings. The molecule has 0 spiro atoms. The zero-order valence-corrected chi connectivity index (χ0v) is 11.3. The van der Waals surface area contributed by atoms with Crippen LogP contribution in [0.4, 0.5) is 5.69 Å². The predicted octanol–water partition coefficient (Wildman–Crippen LogP) is 1.97. The van der Waals surface area contributed by atoms with Gasteiger partial charge < -0.3 is 10.2 Å². The van der Waals surface area contributed by atoms with Gasteiger partial charge in [0.1, 0.15) is 0 Å². The summed E-state index contributed by atoms with van der Waals surface area (Å²) in [7, 11) is 1.91. The second kappa shape index (κ2) is 4.09. The van der Waals surface area contributed by atoms with Crippen LogP contribution in [0.15, 0.2) is 12.1 Å². The second-order valence-corrected chi connectivity index (χ2v) is 5.62. The van der Waals surface area contributed by atoms with E-state index in [2.05, 4.69) is 31.3 Å². The lowest BCUT2D eigenvalue weighted by atomic mass is 9.75. The van der Waals surface area contributed by atoms with Crippen molar-refractivity contribution in [2.45, 2.75) is 26.2 Å². The topological polar surface area (TPSA) is 32.3 Å². The molecule has 0 aliphatic carbocycles. The van der Waals surface area contributed by atoms with E-state index in [9.17, 15) is 4.79 Å². The van der Waals surface area contributed by atoms with Gasteiger partial charge in [-0.15, -0.1) is 0 Å². The van der Waals surface area contributed by atoms with Crippen LogP contribution in [-0.4, -0.2) is 26.0 Å². The molecule has 3 nitrogen and oxygen atoms in total. The van der Waals surface area contributed by atoms with Crippen LogP contribution in [0.1, 0.15) is 29.0 Å². The number of nitrogens with one attached hydrogen (secondary N) is 1. The van der Waals surface area contributed by atoms with E-state index in [1.807, 2.05) is 11.9 Å². The monoisotopic (exact) mass is 244 g/mol. The number of piperidine rings is 1. The Labute approximate surface area is 108 Å². The number of carbonyl (C=O) groups is 1. The van der Waals surface area contributed by atoms with E-state index in [1.54, 1.807) is 0 Å². The van der Waals surface area contributed by atoms with Gasteiger partial charge in [-0.1, -0.05) is 17.7 Å². The van der Waals surface area contributed by atoms with E-state index in [4.69, 9.17) is 0 Å². The third-order valence-electron chi connectivity index (χ3n) is 4.34. The zero-order chi connectivity index (χ0) is 12.9. The lowest BCUT2D eigenvalue weighted by Gasteiger charge is -2.41. The van der Waals surface area contributed by atoms with Crippen LogP contribution in [0.25, 0.3) is 0 Å². The Bertz CT molecular complexity index is 509. The smallest absolute Gasteiger partial charge is 0.231 e. The number of carbonyl (C=O) groups excluding carboxylic acids is 1. The number of rotatable bonds is 0. The van der Waals surface area contributed by atoms with E-state index in [-0.39, 0.29) is 11.8 Å². The molecule has 2 heterocycles. The zero-order valence-electron chi connectivity index (χ0n) is 11.3. The normalized spacial score (nSPS) is 26.8. The Morgan fingerprint density at radius 2 is 2.06 bits per heavy atom. The summed E-state index contributed by atoms with van der Waals surface area (Å²) in [6, 6.07) is 4.44. The Hall–Kier alpha value is -1.35. The van der Waals surface area contributed by atoms with Crippen LogP contribution in [0.2, 0.25) is 0 Å². The van der Waals surface area contributed by atoms with E-state index in [0.29, 0.717) is 5.92 Å². The van der Waals surface area contributed by atoms with Gasteiger partial charge in [0.15, 0.2) is 0 Å². The number of benzene rings is 1. The molecule has 1 N–H and O–H groups in total. The summed E-state index contributed by atoms with van der Waals surface area (Å²) in [6.45, 7) is 6.08. The van der Waals surface area contributed by atoms with Crippen LogP contribution in [-0.2, 0) is 4.79 Å². The average molecular weight is 244 g/mol. The largest absolute Gasteiger partial charge is 0.316 e. The first kappa shape index (κ1) is 11.7. The molecule has 0 radical (unpaired) electrons. The molecule has 2 unspecified atom stereocenters. The highest BCUT2D eigenvalue weighted by Gasteiger charge is 2.40. The quantitative estimate of drug-likeness (QED) is 0.757. The summed E-state index contributed by atoms with van der Waals surface area (Å²) in [5, 5.41) is 3.35. The highest BCUT2D eigenvalue weighted by atomic mass is 16.2. The lowest BCUT2D eigenvalue weighted by molar-refractivity contribution is -0.123. The van der Waals surface area contributed by atoms with Crippen molar-refractivity contribution in [1.82, 2.24) is 5.32 Å². The first-order valence-electron chi connectivity index (χ1n) is 6.69. The third kappa shape index (κ3) is 1.57. The molecule has 2 atom stereocenters. The van der Waals surface area contributed by atoms with Crippen LogP contribution >= 0.6 is 0 Å². The van der Waals surface area contributed by atoms with Gasteiger partial charge in [-0.25, -0.2) is 0 Å². The van der Waals surface area contributed by atoms with Gasteiger partial charge in [0.2, 0.25) is 5.91 Å². The summed E-state index contributed by atoms with van der Waals surface area (Å²) in [6.07, 6.45) is 1.07. The number of hydrogen-bond donors (Lipinski definition) is 1. The number of nitrogens with zero attached hydrogens (tertiary/aromatic N) is 1. The molecular weight excluding hydrogens is 224 g/mol. The number of fused-ring (bicyclic) bond motifs is 3. The Balaban J connectivity index is 2.18. The van der Waals surface area contributed by atoms with Gasteiger partial charge in [-0.2, -0.15) is 0 Å². The fraction of sp³-hybridized carbons (Fsp3) is 0.533. The second-order valence-electron chi connectivity index (χ2n) is 5.62. The highest BCUT2D eigenvalue weighted by molar-refractivity contribution is 5.99. The number of amides is 1. The minimum absolute atomic E-state index is 0.123. The van der Waals surface area contributed by atoms with Crippen molar-refractivity contribution in [2.75, 3.05) is 25.0 Å². The van der Waals surface area contributed by atoms with Gasteiger partial charge in [-0.3, -0.25) is 4.79 Å². The molecule has 3 rings (SSSR count). The third-order valence-corrected chi connectivity index (χ3v) is 4.34. The van der Waals surface area contributed by atoms with Crippen LogP contribution < -0.4 is 10.2 Å². The maximum atomic E-state index is 12.4. The molecule has 1 fully saturated rings. The molecular formula is C15H20N2O. The van der Waals surface area contributed by atoms with Crippen LogP contribution in [0.5, 0.6) is 0 Å². The highest BCUT2D eigenvalue weighted by Crippen LogP contribution is 2.43. The van der Waals surface area contributed by atoms with Crippen LogP contribution in [0, 0.1) is 19.8 Å². The fourth-order valence-electron chi connectivity index (χ4n) is 3.58. The van der Waals surface area contributed by atoms with E-state index < -0.39 is 0 Å². The molecule has 0 aromatic heterocycles.